The predicted molar refractivity (Wildman–Crippen MR) is 152 cm³/mol. The number of nitrogen functional groups attached to an aromatic ring is 1. The highest BCUT2D eigenvalue weighted by atomic mass is 16.1. The maximum Gasteiger partial charge on any atom is 0.256 e. The Hall–Kier alpha value is -3.98. The number of nitrogens with two attached hydrogens (primary N) is 1. The van der Waals surface area contributed by atoms with Crippen LogP contribution in [-0.4, -0.2) is 51.4 Å². The van der Waals surface area contributed by atoms with Crippen LogP contribution in [0.3, 0.4) is 0 Å². The average molecular weight is 513 g/mol. The van der Waals surface area contributed by atoms with Gasteiger partial charge in [-0.3, -0.25) is 4.79 Å². The number of benzene rings is 1. The van der Waals surface area contributed by atoms with Crippen molar-refractivity contribution in [3.05, 3.63) is 71.9 Å². The Labute approximate surface area is 224 Å². The monoisotopic (exact) mass is 512 g/mol. The predicted octanol–water partition coefficient (Wildman–Crippen LogP) is 4.90. The normalized spacial score (nSPS) is 16.4. The highest BCUT2D eigenvalue weighted by molar-refractivity contribution is 5.99. The van der Waals surface area contributed by atoms with E-state index in [1.807, 2.05) is 0 Å². The lowest BCUT2D eigenvalue weighted by Crippen LogP contribution is -2.44. The summed E-state index contributed by atoms with van der Waals surface area (Å²) in [6.07, 6.45) is 9.69. The second-order valence-electron chi connectivity index (χ2n) is 10.1. The Bertz CT molecular complexity index is 1300. The lowest BCUT2D eigenvalue weighted by molar-refractivity contribution is 0.0958. The molecule has 5 rings (SSSR count). The van der Waals surface area contributed by atoms with Gasteiger partial charge in [0.05, 0.1) is 0 Å². The number of nitrogens with one attached hydrogen (secondary N) is 3. The number of aryl methyl sites for hydroxylation is 1. The van der Waals surface area contributed by atoms with Gasteiger partial charge in [0.15, 0.2) is 0 Å². The molecular weight excluding hydrogens is 476 g/mol. The number of carbonyl (C=O) groups is 1. The van der Waals surface area contributed by atoms with Gasteiger partial charge in [0.2, 0.25) is 5.95 Å². The number of pyridine rings is 1. The van der Waals surface area contributed by atoms with E-state index in [1.54, 1.807) is 24.3 Å². The van der Waals surface area contributed by atoms with Crippen LogP contribution in [0, 0.1) is 6.92 Å². The first-order chi connectivity index (χ1) is 18.5. The summed E-state index contributed by atoms with van der Waals surface area (Å²) in [6.45, 7) is 8.56. The summed E-state index contributed by atoms with van der Waals surface area (Å²) < 4.78 is 0. The number of aromatic nitrogens is 3. The Morgan fingerprint density at radius 3 is 2.63 bits per heavy atom. The molecule has 3 heterocycles. The lowest BCUT2D eigenvalue weighted by atomic mass is 9.84. The topological polar surface area (TPSA) is 121 Å². The van der Waals surface area contributed by atoms with Crippen molar-refractivity contribution in [2.24, 2.45) is 0 Å². The molecule has 198 valence electrons. The molecule has 0 bridgehead atoms. The van der Waals surface area contributed by atoms with Gasteiger partial charge >= 0.3 is 0 Å². The number of hydrogen-bond acceptors (Lipinski definition) is 8. The number of piperidine rings is 1. The molecular formula is C29H36N8O. The number of anilines is 5. The van der Waals surface area contributed by atoms with Crippen LogP contribution in [0.25, 0.3) is 0 Å². The standard InChI is InChI=1S/C29H36N8O/c1-3-14-31-28(38)24-18-32-29(36-27(24)35-26-9-5-8-25(30)34-26)33-21-10-11-23(19(2)17-21)20-12-15-37(16-13-20)22-6-4-7-22/h3,5,8-11,17-18,20,22H,1,4,6-7,12-16H2,2H3,(H,31,38)(H4,30,32,33,34,35,36). The number of likely N-dealkylation sites (tertiary alicyclic amines) is 1. The lowest BCUT2D eigenvalue weighted by Gasteiger charge is -2.42. The number of nitrogens with zero attached hydrogens (tertiary/aromatic N) is 4. The van der Waals surface area contributed by atoms with Crippen LogP contribution in [0.1, 0.15) is 59.5 Å². The van der Waals surface area contributed by atoms with Crippen molar-refractivity contribution in [1.29, 1.82) is 0 Å². The molecule has 1 amide bonds. The van der Waals surface area contributed by atoms with Crippen LogP contribution in [0.5, 0.6) is 0 Å². The summed E-state index contributed by atoms with van der Waals surface area (Å²) in [5, 5.41) is 9.17. The highest BCUT2D eigenvalue weighted by Gasteiger charge is 2.29. The first-order valence-electron chi connectivity index (χ1n) is 13.4. The van der Waals surface area contributed by atoms with Crippen LogP contribution >= 0.6 is 0 Å². The molecule has 38 heavy (non-hydrogen) atoms. The van der Waals surface area contributed by atoms with E-state index in [4.69, 9.17) is 5.73 Å². The van der Waals surface area contributed by atoms with Crippen LogP contribution in [0.4, 0.5) is 29.1 Å². The molecule has 1 aliphatic heterocycles. The second kappa shape index (κ2) is 11.6. The maximum atomic E-state index is 12.7. The Balaban J connectivity index is 1.31. The van der Waals surface area contributed by atoms with Gasteiger partial charge in [-0.2, -0.15) is 4.98 Å². The molecule has 2 aromatic heterocycles. The zero-order valence-corrected chi connectivity index (χ0v) is 21.9. The molecule has 0 radical (unpaired) electrons. The van der Waals surface area contributed by atoms with E-state index in [9.17, 15) is 4.79 Å². The molecule has 1 aromatic carbocycles. The van der Waals surface area contributed by atoms with Crippen LogP contribution < -0.4 is 21.7 Å². The van der Waals surface area contributed by atoms with Gasteiger partial charge in [-0.1, -0.05) is 24.6 Å². The van der Waals surface area contributed by atoms with E-state index in [2.05, 4.69) is 67.5 Å². The summed E-state index contributed by atoms with van der Waals surface area (Å²) in [5.41, 5.74) is 9.71. The van der Waals surface area contributed by atoms with Crippen molar-refractivity contribution in [3.63, 3.8) is 0 Å². The summed E-state index contributed by atoms with van der Waals surface area (Å²) in [7, 11) is 0. The summed E-state index contributed by atoms with van der Waals surface area (Å²) >= 11 is 0. The van der Waals surface area contributed by atoms with Gasteiger partial charge in [0, 0.05) is 24.5 Å². The number of amides is 1. The quantitative estimate of drug-likeness (QED) is 0.299. The highest BCUT2D eigenvalue weighted by Crippen LogP contribution is 2.35. The molecule has 9 heteroatoms. The second-order valence-corrected chi connectivity index (χ2v) is 10.1. The fourth-order valence-electron chi connectivity index (χ4n) is 5.27. The molecule has 9 nitrogen and oxygen atoms in total. The van der Waals surface area contributed by atoms with Crippen molar-refractivity contribution >= 4 is 35.0 Å². The molecule has 5 N–H and O–H groups in total. The van der Waals surface area contributed by atoms with Crippen molar-refractivity contribution < 1.29 is 4.79 Å². The van der Waals surface area contributed by atoms with E-state index in [1.165, 1.54) is 62.5 Å². The third-order valence-corrected chi connectivity index (χ3v) is 7.54. The van der Waals surface area contributed by atoms with Gasteiger partial charge in [-0.15, -0.1) is 6.58 Å². The van der Waals surface area contributed by atoms with Gasteiger partial charge in [0.1, 0.15) is 23.0 Å². The third kappa shape index (κ3) is 5.94. The molecule has 1 aliphatic carbocycles. The Morgan fingerprint density at radius 1 is 1.13 bits per heavy atom. The van der Waals surface area contributed by atoms with Crippen LogP contribution in [0.15, 0.2) is 55.3 Å². The minimum absolute atomic E-state index is 0.293. The number of hydrogen-bond donors (Lipinski definition) is 4. The van der Waals surface area contributed by atoms with Crippen molar-refractivity contribution in [2.75, 3.05) is 36.0 Å². The minimum atomic E-state index is -0.314. The van der Waals surface area contributed by atoms with Gasteiger partial charge in [-0.05, 0) is 87.0 Å². The Kier molecular flexibility index (Phi) is 7.83. The molecule has 0 atom stereocenters. The zero-order valence-electron chi connectivity index (χ0n) is 21.9. The zero-order chi connectivity index (χ0) is 26.5. The fraction of sp³-hybridized carbons (Fsp3) is 0.379. The summed E-state index contributed by atoms with van der Waals surface area (Å²) in [4.78, 5) is 28.7. The molecule has 1 saturated heterocycles. The molecule has 1 saturated carbocycles. The molecule has 3 aromatic rings. The maximum absolute atomic E-state index is 12.7. The largest absolute Gasteiger partial charge is 0.384 e. The van der Waals surface area contributed by atoms with Gasteiger partial charge in [-0.25, -0.2) is 9.97 Å². The van der Waals surface area contributed by atoms with E-state index >= 15 is 0 Å². The average Bonchev–Trinajstić information content (AvgIpc) is 2.87. The minimum Gasteiger partial charge on any atom is -0.384 e. The van der Waals surface area contributed by atoms with Crippen molar-refractivity contribution in [2.45, 2.75) is 51.0 Å². The molecule has 2 fully saturated rings. The third-order valence-electron chi connectivity index (χ3n) is 7.54. The molecule has 0 spiro atoms. The Morgan fingerprint density at radius 2 is 1.95 bits per heavy atom. The molecule has 0 unspecified atom stereocenters. The van der Waals surface area contributed by atoms with Crippen molar-refractivity contribution in [1.82, 2.24) is 25.2 Å². The summed E-state index contributed by atoms with van der Waals surface area (Å²) in [5.74, 6) is 1.84. The number of carbonyl (C=O) groups excluding carboxylic acids is 1. The van der Waals surface area contributed by atoms with Crippen LogP contribution in [0.2, 0.25) is 0 Å². The van der Waals surface area contributed by atoms with E-state index in [0.717, 1.165) is 11.7 Å². The van der Waals surface area contributed by atoms with E-state index < -0.39 is 0 Å². The first-order valence-corrected chi connectivity index (χ1v) is 13.4. The smallest absolute Gasteiger partial charge is 0.256 e. The number of rotatable bonds is 9. The van der Waals surface area contributed by atoms with Gasteiger partial charge in [0.25, 0.3) is 5.91 Å². The van der Waals surface area contributed by atoms with Gasteiger partial charge < -0.3 is 26.6 Å². The molecule has 2 aliphatic rings. The van der Waals surface area contributed by atoms with E-state index in [0.29, 0.717) is 41.4 Å². The summed E-state index contributed by atoms with van der Waals surface area (Å²) in [6, 6.07) is 12.5. The fourth-order valence-corrected chi connectivity index (χ4v) is 5.27. The van der Waals surface area contributed by atoms with E-state index in [-0.39, 0.29) is 5.91 Å². The van der Waals surface area contributed by atoms with Crippen molar-refractivity contribution in [3.8, 4) is 0 Å². The SMILES string of the molecule is C=CCNC(=O)c1cnc(Nc2ccc(C3CCN(C4CCC4)CC3)c(C)c2)nc1Nc1cccc(N)n1. The first kappa shape index (κ1) is 25.7. The van der Waals surface area contributed by atoms with Crippen LogP contribution in [-0.2, 0) is 0 Å².